The third-order valence-corrected chi connectivity index (χ3v) is 3.14. The molecule has 0 saturated carbocycles. The van der Waals surface area contributed by atoms with Gasteiger partial charge in [-0.1, -0.05) is 32.0 Å². The summed E-state index contributed by atoms with van der Waals surface area (Å²) in [6.45, 7) is 10.5. The number of carbonyl (C=O) groups is 1. The molecule has 2 N–H and O–H groups in total. The van der Waals surface area contributed by atoms with Crippen molar-refractivity contribution in [3.63, 3.8) is 0 Å². The number of hydrogen-bond acceptors (Lipinski definition) is 3. The first-order valence-corrected chi connectivity index (χ1v) is 7.62. The van der Waals surface area contributed by atoms with E-state index in [1.807, 2.05) is 34.6 Å². The van der Waals surface area contributed by atoms with Gasteiger partial charge in [0, 0.05) is 24.7 Å². The van der Waals surface area contributed by atoms with Gasteiger partial charge in [-0.05, 0) is 32.8 Å². The van der Waals surface area contributed by atoms with Crippen molar-refractivity contribution >= 4 is 6.09 Å². The summed E-state index contributed by atoms with van der Waals surface area (Å²) < 4.78 is 18.8. The maximum atomic E-state index is 13.5. The highest BCUT2D eigenvalue weighted by Crippen LogP contribution is 2.09. The number of amides is 1. The Morgan fingerprint density at radius 2 is 1.91 bits per heavy atom. The van der Waals surface area contributed by atoms with Gasteiger partial charge in [0.05, 0.1) is 0 Å². The summed E-state index contributed by atoms with van der Waals surface area (Å²) in [4.78, 5) is 11.8. The van der Waals surface area contributed by atoms with E-state index < -0.39 is 11.7 Å². The summed E-state index contributed by atoms with van der Waals surface area (Å²) in [6.07, 6.45) is -0.432. The first-order valence-electron chi connectivity index (χ1n) is 7.62. The summed E-state index contributed by atoms with van der Waals surface area (Å²) in [5.41, 5.74) is 0.0916. The first-order chi connectivity index (χ1) is 10.2. The van der Waals surface area contributed by atoms with Crippen LogP contribution in [-0.2, 0) is 11.3 Å². The van der Waals surface area contributed by atoms with Gasteiger partial charge in [-0.2, -0.15) is 0 Å². The zero-order valence-corrected chi connectivity index (χ0v) is 14.1. The second-order valence-electron chi connectivity index (χ2n) is 6.72. The third-order valence-electron chi connectivity index (χ3n) is 3.14. The summed E-state index contributed by atoms with van der Waals surface area (Å²) >= 11 is 0. The molecule has 1 unspecified atom stereocenters. The maximum Gasteiger partial charge on any atom is 0.407 e. The van der Waals surface area contributed by atoms with Gasteiger partial charge in [-0.15, -0.1) is 0 Å². The number of carbonyl (C=O) groups excluding carboxylic acids is 1. The molecule has 0 aromatic heterocycles. The van der Waals surface area contributed by atoms with Crippen LogP contribution in [0.4, 0.5) is 9.18 Å². The molecule has 124 valence electrons. The van der Waals surface area contributed by atoms with E-state index in [-0.39, 0.29) is 17.8 Å². The average molecular weight is 310 g/mol. The fraction of sp³-hybridized carbons (Fsp3) is 0.588. The van der Waals surface area contributed by atoms with E-state index in [2.05, 4.69) is 10.6 Å². The second-order valence-corrected chi connectivity index (χ2v) is 6.72. The van der Waals surface area contributed by atoms with Crippen molar-refractivity contribution < 1.29 is 13.9 Å². The molecule has 0 radical (unpaired) electrons. The van der Waals surface area contributed by atoms with Crippen molar-refractivity contribution in [2.45, 2.75) is 52.8 Å². The molecule has 0 bridgehead atoms. The number of hydrogen-bond donors (Lipinski definition) is 2. The summed E-state index contributed by atoms with van der Waals surface area (Å²) in [6, 6.07) is 6.57. The molecule has 1 rings (SSSR count). The van der Waals surface area contributed by atoms with Gasteiger partial charge >= 0.3 is 6.09 Å². The lowest BCUT2D eigenvalue weighted by atomic mass is 10.0. The Hall–Kier alpha value is -1.62. The molecule has 0 aliphatic heterocycles. The lowest BCUT2D eigenvalue weighted by Gasteiger charge is -2.26. The maximum absolute atomic E-state index is 13.5. The van der Waals surface area contributed by atoms with E-state index in [1.165, 1.54) is 6.07 Å². The number of rotatable bonds is 6. The molecule has 1 amide bonds. The molecule has 1 atom stereocenters. The molecule has 0 heterocycles. The molecule has 4 nitrogen and oxygen atoms in total. The standard InChI is InChI=1S/C17H27FN2O2/c1-12(2)15(20-16(21)22-17(3,4)5)11-19-10-13-8-6-7-9-14(13)18/h6-9,12,15,19H,10-11H2,1-5H3,(H,20,21). The lowest BCUT2D eigenvalue weighted by molar-refractivity contribution is 0.0490. The minimum atomic E-state index is -0.522. The quantitative estimate of drug-likeness (QED) is 0.846. The van der Waals surface area contributed by atoms with Crippen molar-refractivity contribution in [3.05, 3.63) is 35.6 Å². The third kappa shape index (κ3) is 6.89. The minimum Gasteiger partial charge on any atom is -0.444 e. The molecule has 1 aromatic carbocycles. The highest BCUT2D eigenvalue weighted by Gasteiger charge is 2.21. The molecular formula is C17H27FN2O2. The summed E-state index contributed by atoms with van der Waals surface area (Å²) in [7, 11) is 0. The predicted octanol–water partition coefficient (Wildman–Crippen LogP) is 3.46. The zero-order chi connectivity index (χ0) is 16.8. The molecule has 0 spiro atoms. The molecule has 0 saturated heterocycles. The van der Waals surface area contributed by atoms with Crippen molar-refractivity contribution in [3.8, 4) is 0 Å². The van der Waals surface area contributed by atoms with Gasteiger partial charge in [0.1, 0.15) is 11.4 Å². The summed E-state index contributed by atoms with van der Waals surface area (Å²) in [5.74, 6) is 0.0110. The van der Waals surface area contributed by atoms with Crippen LogP contribution >= 0.6 is 0 Å². The minimum absolute atomic E-state index is 0.0818. The Kier molecular flexibility index (Phi) is 6.81. The van der Waals surface area contributed by atoms with Crippen molar-refractivity contribution in [1.82, 2.24) is 10.6 Å². The number of halogens is 1. The molecule has 0 aliphatic carbocycles. The van der Waals surface area contributed by atoms with Crippen LogP contribution in [0.3, 0.4) is 0 Å². The van der Waals surface area contributed by atoms with E-state index in [0.29, 0.717) is 18.7 Å². The van der Waals surface area contributed by atoms with Crippen LogP contribution in [0.5, 0.6) is 0 Å². The Bertz CT molecular complexity index is 484. The number of benzene rings is 1. The van der Waals surface area contributed by atoms with Gasteiger partial charge in [-0.3, -0.25) is 0 Å². The monoisotopic (exact) mass is 310 g/mol. The first kappa shape index (κ1) is 18.4. The SMILES string of the molecule is CC(C)C(CNCc1ccccc1F)NC(=O)OC(C)(C)C. The van der Waals surface area contributed by atoms with Gasteiger partial charge in [-0.25, -0.2) is 9.18 Å². The van der Waals surface area contributed by atoms with Gasteiger partial charge in [0.15, 0.2) is 0 Å². The predicted molar refractivity (Wildman–Crippen MR) is 86.1 cm³/mol. The van der Waals surface area contributed by atoms with E-state index in [1.54, 1.807) is 18.2 Å². The highest BCUT2D eigenvalue weighted by atomic mass is 19.1. The van der Waals surface area contributed by atoms with E-state index in [4.69, 9.17) is 4.74 Å². The summed E-state index contributed by atoms with van der Waals surface area (Å²) in [5, 5.41) is 6.04. The van der Waals surface area contributed by atoms with Crippen LogP contribution in [-0.4, -0.2) is 24.3 Å². The van der Waals surface area contributed by atoms with Gasteiger partial charge in [0.2, 0.25) is 0 Å². The fourth-order valence-corrected chi connectivity index (χ4v) is 1.92. The van der Waals surface area contributed by atoms with Crippen molar-refractivity contribution in [2.24, 2.45) is 5.92 Å². The molecule has 5 heteroatoms. The van der Waals surface area contributed by atoms with Crippen LogP contribution in [0.25, 0.3) is 0 Å². The Morgan fingerprint density at radius 3 is 2.45 bits per heavy atom. The van der Waals surface area contributed by atoms with Crippen LogP contribution in [0.2, 0.25) is 0 Å². The number of ether oxygens (including phenoxy) is 1. The Labute approximate surface area is 132 Å². The van der Waals surface area contributed by atoms with Crippen LogP contribution < -0.4 is 10.6 Å². The van der Waals surface area contributed by atoms with Gasteiger partial charge in [0.25, 0.3) is 0 Å². The lowest BCUT2D eigenvalue weighted by Crippen LogP contribution is -2.47. The smallest absolute Gasteiger partial charge is 0.407 e. The second kappa shape index (κ2) is 8.13. The fourth-order valence-electron chi connectivity index (χ4n) is 1.92. The molecule has 1 aromatic rings. The van der Waals surface area contributed by atoms with Crippen LogP contribution in [0, 0.1) is 11.7 Å². The zero-order valence-electron chi connectivity index (χ0n) is 14.1. The van der Waals surface area contributed by atoms with E-state index in [9.17, 15) is 9.18 Å². The Balaban J connectivity index is 2.48. The molecular weight excluding hydrogens is 283 g/mol. The van der Waals surface area contributed by atoms with Crippen LogP contribution in [0.15, 0.2) is 24.3 Å². The average Bonchev–Trinajstić information content (AvgIpc) is 2.37. The van der Waals surface area contributed by atoms with Crippen molar-refractivity contribution in [2.75, 3.05) is 6.54 Å². The number of alkyl carbamates (subject to hydrolysis) is 1. The molecule has 0 aliphatic rings. The van der Waals surface area contributed by atoms with E-state index >= 15 is 0 Å². The highest BCUT2D eigenvalue weighted by molar-refractivity contribution is 5.68. The Morgan fingerprint density at radius 1 is 1.27 bits per heavy atom. The van der Waals surface area contributed by atoms with Crippen LogP contribution in [0.1, 0.15) is 40.2 Å². The van der Waals surface area contributed by atoms with E-state index in [0.717, 1.165) is 0 Å². The number of nitrogens with one attached hydrogen (secondary N) is 2. The van der Waals surface area contributed by atoms with Crippen molar-refractivity contribution in [1.29, 1.82) is 0 Å². The largest absolute Gasteiger partial charge is 0.444 e. The van der Waals surface area contributed by atoms with Gasteiger partial charge < -0.3 is 15.4 Å². The normalized spacial score (nSPS) is 13.0. The molecule has 22 heavy (non-hydrogen) atoms. The topological polar surface area (TPSA) is 50.4 Å². The molecule has 0 fully saturated rings.